The highest BCUT2D eigenvalue weighted by Crippen LogP contribution is 2.19. The van der Waals surface area contributed by atoms with Crippen LogP contribution < -0.4 is 5.32 Å². The topological polar surface area (TPSA) is 68.0 Å². The Hall–Kier alpha value is -3.02. The van der Waals surface area contributed by atoms with Crippen molar-refractivity contribution >= 4 is 11.9 Å². The predicted molar refractivity (Wildman–Crippen MR) is 74.1 cm³/mol. The van der Waals surface area contributed by atoms with Gasteiger partial charge in [0.2, 0.25) is 0 Å². The van der Waals surface area contributed by atoms with Gasteiger partial charge in [-0.2, -0.15) is 0 Å². The Labute approximate surface area is 119 Å². The van der Waals surface area contributed by atoms with Crippen molar-refractivity contribution in [1.29, 1.82) is 0 Å². The van der Waals surface area contributed by atoms with E-state index in [0.717, 1.165) is 0 Å². The first-order valence-corrected chi connectivity index (χ1v) is 6.15. The maximum Gasteiger partial charge on any atom is 0.301 e. The molecule has 6 heteroatoms. The molecule has 0 saturated carbocycles. The van der Waals surface area contributed by atoms with Crippen LogP contribution in [0.25, 0.3) is 11.3 Å². The van der Waals surface area contributed by atoms with Gasteiger partial charge in [0.25, 0.3) is 5.91 Å². The Balaban J connectivity index is 1.88. The summed E-state index contributed by atoms with van der Waals surface area (Å²) in [6.07, 6.45) is 4.28. The van der Waals surface area contributed by atoms with Gasteiger partial charge >= 0.3 is 6.01 Å². The molecule has 0 bridgehead atoms. The number of rotatable bonds is 3. The van der Waals surface area contributed by atoms with Gasteiger partial charge in [0.15, 0.2) is 0 Å². The molecule has 104 valence electrons. The van der Waals surface area contributed by atoms with E-state index in [4.69, 9.17) is 4.42 Å². The van der Waals surface area contributed by atoms with Crippen molar-refractivity contribution in [3.63, 3.8) is 0 Å². The van der Waals surface area contributed by atoms with Gasteiger partial charge < -0.3 is 4.42 Å². The lowest BCUT2D eigenvalue weighted by Crippen LogP contribution is -2.12. The Kier molecular flexibility index (Phi) is 3.42. The summed E-state index contributed by atoms with van der Waals surface area (Å²) in [5.41, 5.74) is 1.48. The average molecular weight is 283 g/mol. The Bertz CT molecular complexity index is 772. The number of hydrogen-bond donors (Lipinski definition) is 1. The first kappa shape index (κ1) is 13.0. The third-order valence-electron chi connectivity index (χ3n) is 2.80. The molecule has 3 aromatic rings. The van der Waals surface area contributed by atoms with E-state index in [2.05, 4.69) is 15.3 Å². The van der Waals surface area contributed by atoms with Gasteiger partial charge in [0.1, 0.15) is 12.1 Å². The van der Waals surface area contributed by atoms with Crippen LogP contribution in [0.4, 0.5) is 10.4 Å². The van der Waals surface area contributed by atoms with Crippen LogP contribution in [0.3, 0.4) is 0 Å². The van der Waals surface area contributed by atoms with E-state index in [9.17, 15) is 9.18 Å². The number of benzene rings is 1. The van der Waals surface area contributed by atoms with Crippen molar-refractivity contribution in [2.24, 2.45) is 0 Å². The fourth-order valence-electron chi connectivity index (χ4n) is 1.83. The molecule has 0 radical (unpaired) electrons. The van der Waals surface area contributed by atoms with E-state index in [1.54, 1.807) is 24.3 Å². The fourth-order valence-corrected chi connectivity index (χ4v) is 1.83. The molecule has 0 aliphatic rings. The molecule has 0 atom stereocenters. The maximum atomic E-state index is 13.2. The lowest BCUT2D eigenvalue weighted by atomic mass is 10.1. The molecule has 1 N–H and O–H groups in total. The van der Waals surface area contributed by atoms with Crippen molar-refractivity contribution in [1.82, 2.24) is 9.97 Å². The first-order valence-electron chi connectivity index (χ1n) is 6.15. The second kappa shape index (κ2) is 5.54. The third kappa shape index (κ3) is 2.94. The molecule has 0 fully saturated rings. The van der Waals surface area contributed by atoms with E-state index in [0.29, 0.717) is 16.8 Å². The number of halogens is 1. The number of carbonyl (C=O) groups excluding carboxylic acids is 1. The van der Waals surface area contributed by atoms with Crippen LogP contribution in [0.5, 0.6) is 0 Å². The van der Waals surface area contributed by atoms with Gasteiger partial charge in [-0.1, -0.05) is 12.1 Å². The third-order valence-corrected chi connectivity index (χ3v) is 2.80. The van der Waals surface area contributed by atoms with Gasteiger partial charge in [-0.05, 0) is 24.3 Å². The van der Waals surface area contributed by atoms with Crippen molar-refractivity contribution in [3.05, 3.63) is 66.4 Å². The number of oxazole rings is 1. The summed E-state index contributed by atoms with van der Waals surface area (Å²) in [7, 11) is 0. The molecule has 2 aromatic heterocycles. The normalized spacial score (nSPS) is 10.3. The zero-order valence-corrected chi connectivity index (χ0v) is 10.8. The molecule has 0 unspecified atom stereocenters. The second-order valence-electron chi connectivity index (χ2n) is 4.23. The average Bonchev–Trinajstić information content (AvgIpc) is 3.00. The highest BCUT2D eigenvalue weighted by Gasteiger charge is 2.10. The van der Waals surface area contributed by atoms with E-state index in [1.807, 2.05) is 0 Å². The molecule has 1 amide bonds. The molecule has 0 spiro atoms. The van der Waals surface area contributed by atoms with Crippen molar-refractivity contribution in [2.45, 2.75) is 0 Å². The van der Waals surface area contributed by atoms with Gasteiger partial charge in [-0.15, -0.1) is 0 Å². The number of aromatic nitrogens is 2. The van der Waals surface area contributed by atoms with Crippen molar-refractivity contribution < 1.29 is 13.6 Å². The van der Waals surface area contributed by atoms with E-state index in [1.165, 1.54) is 30.8 Å². The van der Waals surface area contributed by atoms with Crippen LogP contribution in [0.1, 0.15) is 10.4 Å². The smallest absolute Gasteiger partial charge is 0.301 e. The molecular formula is C15H10FN3O2. The summed E-state index contributed by atoms with van der Waals surface area (Å²) >= 11 is 0. The van der Waals surface area contributed by atoms with E-state index in [-0.39, 0.29) is 17.7 Å². The fraction of sp³-hybridized carbons (Fsp3) is 0. The number of nitrogens with one attached hydrogen (secondary N) is 1. The van der Waals surface area contributed by atoms with Crippen LogP contribution in [0.15, 0.2) is 59.5 Å². The second-order valence-corrected chi connectivity index (χ2v) is 4.23. The highest BCUT2D eigenvalue weighted by atomic mass is 19.1. The molecule has 21 heavy (non-hydrogen) atoms. The van der Waals surface area contributed by atoms with E-state index >= 15 is 0 Å². The number of anilines is 1. The highest BCUT2D eigenvalue weighted by molar-refractivity contribution is 6.03. The van der Waals surface area contributed by atoms with Gasteiger partial charge in [-0.3, -0.25) is 15.1 Å². The number of carbonyl (C=O) groups is 1. The Morgan fingerprint density at radius 2 is 2.05 bits per heavy atom. The zero-order valence-electron chi connectivity index (χ0n) is 10.8. The standard InChI is InChI=1S/C15H10FN3O2/c16-12-3-1-2-10(8-12)13-9-11(4-5-17-13)14(20)19-15-18-6-7-21-15/h1-9H,(H,18,19,20). The lowest BCUT2D eigenvalue weighted by Gasteiger charge is -2.04. The maximum absolute atomic E-state index is 13.2. The summed E-state index contributed by atoms with van der Waals surface area (Å²) in [5.74, 6) is -0.735. The molecule has 2 heterocycles. The summed E-state index contributed by atoms with van der Waals surface area (Å²) in [6.45, 7) is 0. The Morgan fingerprint density at radius 3 is 2.81 bits per heavy atom. The van der Waals surface area contributed by atoms with Crippen molar-refractivity contribution in [2.75, 3.05) is 5.32 Å². The largest absolute Gasteiger partial charge is 0.432 e. The molecule has 5 nitrogen and oxygen atoms in total. The van der Waals surface area contributed by atoms with Gasteiger partial charge in [0, 0.05) is 17.3 Å². The van der Waals surface area contributed by atoms with Gasteiger partial charge in [0.05, 0.1) is 11.9 Å². The molecule has 0 aliphatic carbocycles. The van der Waals surface area contributed by atoms with Crippen LogP contribution >= 0.6 is 0 Å². The van der Waals surface area contributed by atoms with Crippen molar-refractivity contribution in [3.8, 4) is 11.3 Å². The van der Waals surface area contributed by atoms with Crippen LogP contribution in [0.2, 0.25) is 0 Å². The zero-order chi connectivity index (χ0) is 14.7. The molecule has 1 aromatic carbocycles. The number of hydrogen-bond acceptors (Lipinski definition) is 4. The minimum absolute atomic E-state index is 0.115. The molecular weight excluding hydrogens is 273 g/mol. The summed E-state index contributed by atoms with van der Waals surface area (Å²) < 4.78 is 18.2. The number of amides is 1. The molecule has 3 rings (SSSR count). The summed E-state index contributed by atoms with van der Waals surface area (Å²) in [4.78, 5) is 20.0. The van der Waals surface area contributed by atoms with Crippen LogP contribution in [-0.4, -0.2) is 15.9 Å². The lowest BCUT2D eigenvalue weighted by molar-refractivity contribution is 0.102. The summed E-state index contributed by atoms with van der Waals surface area (Å²) in [5, 5.41) is 2.51. The summed E-state index contributed by atoms with van der Waals surface area (Å²) in [6, 6.07) is 9.27. The van der Waals surface area contributed by atoms with Crippen LogP contribution in [-0.2, 0) is 0 Å². The predicted octanol–water partition coefficient (Wildman–Crippen LogP) is 3.13. The van der Waals surface area contributed by atoms with E-state index < -0.39 is 0 Å². The molecule has 0 saturated heterocycles. The number of nitrogens with zero attached hydrogens (tertiary/aromatic N) is 2. The minimum atomic E-state index is -0.377. The van der Waals surface area contributed by atoms with Gasteiger partial charge in [-0.25, -0.2) is 9.37 Å². The first-order chi connectivity index (χ1) is 10.2. The quantitative estimate of drug-likeness (QED) is 0.801. The SMILES string of the molecule is O=C(Nc1ncco1)c1ccnc(-c2cccc(F)c2)c1. The molecule has 0 aliphatic heterocycles. The Morgan fingerprint density at radius 1 is 1.14 bits per heavy atom. The number of pyridine rings is 1. The van der Waals surface area contributed by atoms with Crippen LogP contribution in [0, 0.1) is 5.82 Å². The minimum Gasteiger partial charge on any atom is -0.432 e. The monoisotopic (exact) mass is 283 g/mol.